The number of likely N-dealkylation sites (tertiary alicyclic amines) is 1. The lowest BCUT2D eigenvalue weighted by atomic mass is 10.1. The molecule has 1 fully saturated rings. The lowest BCUT2D eigenvalue weighted by molar-refractivity contribution is -0.120. The fourth-order valence-corrected chi connectivity index (χ4v) is 4.24. The van der Waals surface area contributed by atoms with Crippen LogP contribution in [0.4, 0.5) is 9.93 Å². The van der Waals surface area contributed by atoms with Gasteiger partial charge in [-0.2, -0.15) is 0 Å². The van der Waals surface area contributed by atoms with Gasteiger partial charge in [0.25, 0.3) is 0 Å². The second-order valence-corrected chi connectivity index (χ2v) is 8.15. The van der Waals surface area contributed by atoms with Gasteiger partial charge in [0.1, 0.15) is 12.6 Å². The Hall–Kier alpha value is -3.19. The molecule has 0 saturated carbocycles. The van der Waals surface area contributed by atoms with Crippen LogP contribution < -0.4 is 5.32 Å². The number of benzene rings is 2. The van der Waals surface area contributed by atoms with Crippen molar-refractivity contribution in [3.63, 3.8) is 0 Å². The summed E-state index contributed by atoms with van der Waals surface area (Å²) in [5.41, 5.74) is 3.91. The van der Waals surface area contributed by atoms with Crippen molar-refractivity contribution in [2.45, 2.75) is 32.4 Å². The third-order valence-corrected chi connectivity index (χ3v) is 5.80. The zero-order chi connectivity index (χ0) is 20.9. The number of thiazole rings is 1. The maximum absolute atomic E-state index is 12.8. The molecule has 0 radical (unpaired) electrons. The second-order valence-electron chi connectivity index (χ2n) is 7.29. The number of amides is 2. The summed E-state index contributed by atoms with van der Waals surface area (Å²) in [4.78, 5) is 31.4. The van der Waals surface area contributed by atoms with E-state index in [1.807, 2.05) is 60.8 Å². The van der Waals surface area contributed by atoms with Crippen LogP contribution in [0, 0.1) is 6.92 Å². The fourth-order valence-electron chi connectivity index (χ4n) is 3.52. The van der Waals surface area contributed by atoms with Crippen LogP contribution in [0.15, 0.2) is 60.0 Å². The molecule has 4 rings (SSSR count). The average Bonchev–Trinajstić information content (AvgIpc) is 3.43. The van der Waals surface area contributed by atoms with Crippen molar-refractivity contribution in [1.29, 1.82) is 0 Å². The third-order valence-electron chi connectivity index (χ3n) is 5.04. The first-order chi connectivity index (χ1) is 14.6. The fraction of sp³-hybridized carbons (Fsp3) is 0.261. The Bertz CT molecular complexity index is 1030. The van der Waals surface area contributed by atoms with Gasteiger partial charge in [-0.15, -0.1) is 11.3 Å². The minimum absolute atomic E-state index is 0.191. The van der Waals surface area contributed by atoms with E-state index in [2.05, 4.69) is 16.4 Å². The molecular weight excluding hydrogens is 398 g/mol. The minimum Gasteiger partial charge on any atom is -0.445 e. The van der Waals surface area contributed by atoms with E-state index in [1.54, 1.807) is 0 Å². The van der Waals surface area contributed by atoms with Gasteiger partial charge in [0.05, 0.1) is 5.69 Å². The molecule has 1 unspecified atom stereocenters. The highest BCUT2D eigenvalue weighted by atomic mass is 32.1. The van der Waals surface area contributed by atoms with Crippen LogP contribution in [0.2, 0.25) is 0 Å². The first-order valence-corrected chi connectivity index (χ1v) is 10.8. The van der Waals surface area contributed by atoms with Crippen LogP contribution in [0.25, 0.3) is 11.3 Å². The van der Waals surface area contributed by atoms with E-state index in [4.69, 9.17) is 4.74 Å². The van der Waals surface area contributed by atoms with Gasteiger partial charge < -0.3 is 10.1 Å². The first kappa shape index (κ1) is 20.1. The normalized spacial score (nSPS) is 15.8. The van der Waals surface area contributed by atoms with E-state index < -0.39 is 12.1 Å². The number of aromatic nitrogens is 1. The zero-order valence-corrected chi connectivity index (χ0v) is 17.5. The van der Waals surface area contributed by atoms with Crippen molar-refractivity contribution in [3.05, 3.63) is 71.1 Å². The van der Waals surface area contributed by atoms with Gasteiger partial charge in [-0.3, -0.25) is 9.69 Å². The number of ether oxygens (including phenoxy) is 1. The Kier molecular flexibility index (Phi) is 6.09. The minimum atomic E-state index is -0.542. The van der Waals surface area contributed by atoms with Gasteiger partial charge >= 0.3 is 6.09 Å². The van der Waals surface area contributed by atoms with Crippen LogP contribution in [-0.4, -0.2) is 34.5 Å². The summed E-state index contributed by atoms with van der Waals surface area (Å²) in [5.74, 6) is -0.227. The molecule has 0 bridgehead atoms. The molecule has 1 N–H and O–H groups in total. The van der Waals surface area contributed by atoms with E-state index in [-0.39, 0.29) is 12.5 Å². The van der Waals surface area contributed by atoms with Crippen LogP contribution in [0.5, 0.6) is 0 Å². The van der Waals surface area contributed by atoms with Crippen LogP contribution in [0.3, 0.4) is 0 Å². The van der Waals surface area contributed by atoms with Crippen LogP contribution in [-0.2, 0) is 16.1 Å². The number of carbonyl (C=O) groups excluding carboxylic acids is 2. The predicted molar refractivity (Wildman–Crippen MR) is 117 cm³/mol. The summed E-state index contributed by atoms with van der Waals surface area (Å²) in [7, 11) is 0. The Morgan fingerprint density at radius 1 is 1.20 bits per heavy atom. The van der Waals surface area contributed by atoms with E-state index in [0.29, 0.717) is 18.1 Å². The zero-order valence-electron chi connectivity index (χ0n) is 16.7. The molecule has 2 amide bonds. The Labute approximate surface area is 179 Å². The summed E-state index contributed by atoms with van der Waals surface area (Å²) in [6, 6.07) is 17.0. The molecule has 2 aromatic carbocycles. The van der Waals surface area contributed by atoms with E-state index in [9.17, 15) is 9.59 Å². The lowest BCUT2D eigenvalue weighted by Crippen LogP contribution is -2.43. The molecule has 7 heteroatoms. The smallest absolute Gasteiger partial charge is 0.410 e. The highest BCUT2D eigenvalue weighted by Crippen LogP contribution is 2.27. The number of anilines is 1. The molecule has 30 heavy (non-hydrogen) atoms. The molecule has 1 aliphatic rings. The van der Waals surface area contributed by atoms with E-state index >= 15 is 0 Å². The average molecular weight is 422 g/mol. The van der Waals surface area contributed by atoms with Gasteiger partial charge in [0.15, 0.2) is 5.13 Å². The summed E-state index contributed by atoms with van der Waals surface area (Å²) in [5, 5.41) is 5.32. The molecule has 3 aromatic rings. The topological polar surface area (TPSA) is 71.5 Å². The van der Waals surface area contributed by atoms with Gasteiger partial charge in [-0.25, -0.2) is 9.78 Å². The molecule has 1 saturated heterocycles. The molecule has 1 aromatic heterocycles. The molecule has 0 spiro atoms. The van der Waals surface area contributed by atoms with Crippen molar-refractivity contribution in [2.75, 3.05) is 11.9 Å². The highest BCUT2D eigenvalue weighted by molar-refractivity contribution is 7.14. The second kappa shape index (κ2) is 9.09. The summed E-state index contributed by atoms with van der Waals surface area (Å²) >= 11 is 1.38. The van der Waals surface area contributed by atoms with Crippen molar-refractivity contribution < 1.29 is 14.3 Å². The number of nitrogens with zero attached hydrogens (tertiary/aromatic N) is 2. The Balaban J connectivity index is 1.37. The summed E-state index contributed by atoms with van der Waals surface area (Å²) < 4.78 is 5.41. The number of rotatable bonds is 5. The molecule has 154 valence electrons. The highest BCUT2D eigenvalue weighted by Gasteiger charge is 2.35. The molecule has 0 aliphatic carbocycles. The standard InChI is InChI=1S/C23H23N3O3S/c1-16-7-5-10-18(13-16)19-15-30-22(24-19)25-21(27)20-11-6-12-26(20)23(28)29-14-17-8-3-2-4-9-17/h2-5,7-10,13,15,20H,6,11-12,14H2,1H3,(H,24,25,27). The van der Waals surface area contributed by atoms with Crippen molar-refractivity contribution in [3.8, 4) is 11.3 Å². The Morgan fingerprint density at radius 2 is 2.03 bits per heavy atom. The summed E-state index contributed by atoms with van der Waals surface area (Å²) in [6.45, 7) is 2.74. The monoisotopic (exact) mass is 421 g/mol. The number of nitrogens with one attached hydrogen (secondary N) is 1. The predicted octanol–water partition coefficient (Wildman–Crippen LogP) is 4.86. The molecule has 1 atom stereocenters. The summed E-state index contributed by atoms with van der Waals surface area (Å²) in [6.07, 6.45) is 0.920. The van der Waals surface area contributed by atoms with Crippen LogP contribution in [0.1, 0.15) is 24.0 Å². The van der Waals surface area contributed by atoms with Gasteiger partial charge in [0.2, 0.25) is 5.91 Å². The SMILES string of the molecule is Cc1cccc(-c2csc(NC(=O)C3CCCN3C(=O)OCc3ccccc3)n2)c1. The van der Waals surface area contributed by atoms with Crippen LogP contribution >= 0.6 is 11.3 Å². The third kappa shape index (κ3) is 4.68. The van der Waals surface area contributed by atoms with Gasteiger partial charge in [-0.05, 0) is 31.4 Å². The van der Waals surface area contributed by atoms with E-state index in [1.165, 1.54) is 16.2 Å². The van der Waals surface area contributed by atoms with Gasteiger partial charge in [-0.1, -0.05) is 54.1 Å². The maximum atomic E-state index is 12.8. The first-order valence-electron chi connectivity index (χ1n) is 9.91. The quantitative estimate of drug-likeness (QED) is 0.639. The number of hydrogen-bond acceptors (Lipinski definition) is 5. The van der Waals surface area contributed by atoms with Crippen molar-refractivity contribution in [2.24, 2.45) is 0 Å². The maximum Gasteiger partial charge on any atom is 0.410 e. The van der Waals surface area contributed by atoms with Crippen molar-refractivity contribution >= 4 is 28.5 Å². The molecule has 2 heterocycles. The Morgan fingerprint density at radius 3 is 2.83 bits per heavy atom. The number of aryl methyl sites for hydroxylation is 1. The lowest BCUT2D eigenvalue weighted by Gasteiger charge is -2.22. The molecule has 1 aliphatic heterocycles. The number of carbonyl (C=O) groups is 2. The molecule has 6 nitrogen and oxygen atoms in total. The van der Waals surface area contributed by atoms with E-state index in [0.717, 1.165) is 28.8 Å². The molecular formula is C23H23N3O3S. The van der Waals surface area contributed by atoms with Gasteiger partial charge in [0, 0.05) is 17.5 Å². The largest absolute Gasteiger partial charge is 0.445 e. The van der Waals surface area contributed by atoms with Crippen molar-refractivity contribution in [1.82, 2.24) is 9.88 Å². The number of hydrogen-bond donors (Lipinski definition) is 1.